The molecule has 1 aliphatic rings. The number of nitrogens with one attached hydrogen (secondary N) is 1. The fourth-order valence-electron chi connectivity index (χ4n) is 2.61. The zero-order valence-corrected chi connectivity index (χ0v) is 12.4. The molecule has 2 rings (SSSR count). The van der Waals surface area contributed by atoms with Crippen molar-refractivity contribution in [1.82, 2.24) is 15.3 Å². The summed E-state index contributed by atoms with van der Waals surface area (Å²) in [5.74, 6) is 1.80. The quantitative estimate of drug-likeness (QED) is 0.885. The van der Waals surface area contributed by atoms with E-state index in [2.05, 4.69) is 41.0 Å². The van der Waals surface area contributed by atoms with Crippen LogP contribution in [0.5, 0.6) is 0 Å². The van der Waals surface area contributed by atoms with Gasteiger partial charge in [-0.2, -0.15) is 0 Å². The molecule has 0 unspecified atom stereocenters. The van der Waals surface area contributed by atoms with Crippen LogP contribution in [0.2, 0.25) is 0 Å². The monoisotopic (exact) mass is 262 g/mol. The summed E-state index contributed by atoms with van der Waals surface area (Å²) in [5, 5.41) is 3.32. The van der Waals surface area contributed by atoms with Crippen molar-refractivity contribution in [3.63, 3.8) is 0 Å². The van der Waals surface area contributed by atoms with Crippen molar-refractivity contribution in [2.75, 3.05) is 24.5 Å². The van der Waals surface area contributed by atoms with E-state index < -0.39 is 0 Å². The molecule has 0 amide bonds. The van der Waals surface area contributed by atoms with Gasteiger partial charge in [0.25, 0.3) is 0 Å². The molecule has 1 N–H and O–H groups in total. The topological polar surface area (TPSA) is 41.1 Å². The normalized spacial score (nSPS) is 16.9. The lowest BCUT2D eigenvalue weighted by atomic mass is 9.95. The van der Waals surface area contributed by atoms with Crippen molar-refractivity contribution in [1.29, 1.82) is 0 Å². The molecule has 1 aliphatic heterocycles. The van der Waals surface area contributed by atoms with E-state index in [0.717, 1.165) is 43.7 Å². The Morgan fingerprint density at radius 2 is 2.05 bits per heavy atom. The maximum Gasteiger partial charge on any atom is 0.225 e. The predicted molar refractivity (Wildman–Crippen MR) is 79.4 cm³/mol. The van der Waals surface area contributed by atoms with Crippen LogP contribution in [-0.4, -0.2) is 29.6 Å². The lowest BCUT2D eigenvalue weighted by Gasteiger charge is -2.31. The first kappa shape index (κ1) is 14.3. The van der Waals surface area contributed by atoms with Gasteiger partial charge >= 0.3 is 0 Å². The van der Waals surface area contributed by atoms with Crippen LogP contribution in [0.1, 0.15) is 44.4 Å². The number of piperidine rings is 1. The number of anilines is 1. The van der Waals surface area contributed by atoms with Gasteiger partial charge in [-0.1, -0.05) is 20.3 Å². The molecule has 1 fully saturated rings. The molecule has 0 spiro atoms. The number of hydrogen-bond donors (Lipinski definition) is 1. The predicted octanol–water partition coefficient (Wildman–Crippen LogP) is 2.52. The second kappa shape index (κ2) is 6.85. The minimum atomic E-state index is 0.862. The summed E-state index contributed by atoms with van der Waals surface area (Å²) in [7, 11) is 0. The maximum atomic E-state index is 4.68. The number of nitrogens with zero attached hydrogens (tertiary/aromatic N) is 3. The Morgan fingerprint density at radius 3 is 2.63 bits per heavy atom. The van der Waals surface area contributed by atoms with Crippen molar-refractivity contribution >= 4 is 5.95 Å². The molecule has 4 nitrogen and oxygen atoms in total. The van der Waals surface area contributed by atoms with Crippen LogP contribution < -0.4 is 10.2 Å². The SMILES string of the molecule is CCNCc1cnc(N2CCC(CC)CC2)nc1C. The summed E-state index contributed by atoms with van der Waals surface area (Å²) >= 11 is 0. The van der Waals surface area contributed by atoms with Gasteiger partial charge in [0.15, 0.2) is 0 Å². The molecular formula is C15H26N4. The average Bonchev–Trinajstić information content (AvgIpc) is 2.46. The number of aromatic nitrogens is 2. The molecule has 0 atom stereocenters. The minimum Gasteiger partial charge on any atom is -0.341 e. The fraction of sp³-hybridized carbons (Fsp3) is 0.733. The molecule has 1 saturated heterocycles. The van der Waals surface area contributed by atoms with Gasteiger partial charge in [-0.25, -0.2) is 9.97 Å². The van der Waals surface area contributed by atoms with Gasteiger partial charge in [0.1, 0.15) is 0 Å². The van der Waals surface area contributed by atoms with Crippen LogP contribution in [0.15, 0.2) is 6.20 Å². The smallest absolute Gasteiger partial charge is 0.225 e. The van der Waals surface area contributed by atoms with Gasteiger partial charge < -0.3 is 10.2 Å². The van der Waals surface area contributed by atoms with Gasteiger partial charge in [0.2, 0.25) is 5.95 Å². The van der Waals surface area contributed by atoms with E-state index in [0.29, 0.717) is 0 Å². The first-order valence-corrected chi connectivity index (χ1v) is 7.52. The zero-order valence-electron chi connectivity index (χ0n) is 12.4. The molecule has 0 aliphatic carbocycles. The van der Waals surface area contributed by atoms with Crippen molar-refractivity contribution in [2.45, 2.75) is 46.6 Å². The number of aryl methyl sites for hydroxylation is 1. The highest BCUT2D eigenvalue weighted by atomic mass is 15.3. The Bertz CT molecular complexity index is 397. The third-order valence-electron chi connectivity index (χ3n) is 4.11. The van der Waals surface area contributed by atoms with Crippen LogP contribution in [-0.2, 0) is 6.54 Å². The molecule has 106 valence electrons. The van der Waals surface area contributed by atoms with Crippen LogP contribution in [0.3, 0.4) is 0 Å². The standard InChI is InChI=1S/C15H26N4/c1-4-13-6-8-19(9-7-13)15-17-11-14(10-16-5-2)12(3)18-15/h11,13,16H,4-10H2,1-3H3. The third-order valence-corrected chi connectivity index (χ3v) is 4.11. The molecule has 4 heteroatoms. The van der Waals surface area contributed by atoms with Crippen LogP contribution in [0, 0.1) is 12.8 Å². The lowest BCUT2D eigenvalue weighted by molar-refractivity contribution is 0.392. The van der Waals surface area contributed by atoms with E-state index in [9.17, 15) is 0 Å². The first-order chi connectivity index (χ1) is 9.24. The van der Waals surface area contributed by atoms with Gasteiger partial charge in [0.05, 0.1) is 0 Å². The highest BCUT2D eigenvalue weighted by molar-refractivity contribution is 5.33. The van der Waals surface area contributed by atoms with Gasteiger partial charge in [-0.05, 0) is 32.2 Å². The molecule has 19 heavy (non-hydrogen) atoms. The molecule has 1 aromatic rings. The Labute approximate surface area is 116 Å². The Kier molecular flexibility index (Phi) is 5.14. The highest BCUT2D eigenvalue weighted by Gasteiger charge is 2.19. The van der Waals surface area contributed by atoms with Crippen molar-refractivity contribution in [2.24, 2.45) is 5.92 Å². The molecule has 0 radical (unpaired) electrons. The summed E-state index contributed by atoms with van der Waals surface area (Å²) in [6.45, 7) is 10.5. The zero-order chi connectivity index (χ0) is 13.7. The Hall–Kier alpha value is -1.16. The van der Waals surface area contributed by atoms with Gasteiger partial charge in [-0.3, -0.25) is 0 Å². The van der Waals surface area contributed by atoms with Gasteiger partial charge in [-0.15, -0.1) is 0 Å². The summed E-state index contributed by atoms with van der Waals surface area (Å²) < 4.78 is 0. The molecule has 2 heterocycles. The average molecular weight is 262 g/mol. The van der Waals surface area contributed by atoms with Crippen molar-refractivity contribution < 1.29 is 0 Å². The summed E-state index contributed by atoms with van der Waals surface area (Å²) in [6, 6.07) is 0. The van der Waals surface area contributed by atoms with E-state index in [1.54, 1.807) is 0 Å². The van der Waals surface area contributed by atoms with Crippen LogP contribution >= 0.6 is 0 Å². The van der Waals surface area contributed by atoms with E-state index in [-0.39, 0.29) is 0 Å². The van der Waals surface area contributed by atoms with E-state index in [4.69, 9.17) is 0 Å². The third kappa shape index (κ3) is 3.66. The van der Waals surface area contributed by atoms with Crippen LogP contribution in [0.4, 0.5) is 5.95 Å². The second-order valence-corrected chi connectivity index (χ2v) is 5.40. The maximum absolute atomic E-state index is 4.68. The van der Waals surface area contributed by atoms with Gasteiger partial charge in [0, 0.05) is 37.1 Å². The molecule has 0 saturated carbocycles. The van der Waals surface area contributed by atoms with E-state index >= 15 is 0 Å². The molecule has 0 bridgehead atoms. The molecule has 1 aromatic heterocycles. The first-order valence-electron chi connectivity index (χ1n) is 7.52. The van der Waals surface area contributed by atoms with E-state index in [1.165, 1.54) is 24.8 Å². The largest absolute Gasteiger partial charge is 0.341 e. The van der Waals surface area contributed by atoms with Crippen molar-refractivity contribution in [3.8, 4) is 0 Å². The highest BCUT2D eigenvalue weighted by Crippen LogP contribution is 2.23. The molecule has 0 aromatic carbocycles. The summed E-state index contributed by atoms with van der Waals surface area (Å²) in [6.07, 6.45) is 5.83. The Morgan fingerprint density at radius 1 is 1.32 bits per heavy atom. The number of rotatable bonds is 5. The number of hydrogen-bond acceptors (Lipinski definition) is 4. The van der Waals surface area contributed by atoms with E-state index in [1.807, 2.05) is 6.20 Å². The summed E-state index contributed by atoms with van der Waals surface area (Å²) in [4.78, 5) is 11.5. The lowest BCUT2D eigenvalue weighted by Crippen LogP contribution is -2.34. The second-order valence-electron chi connectivity index (χ2n) is 5.40. The Balaban J connectivity index is 1.99. The minimum absolute atomic E-state index is 0.862. The van der Waals surface area contributed by atoms with Crippen LogP contribution in [0.25, 0.3) is 0 Å². The van der Waals surface area contributed by atoms with Crippen molar-refractivity contribution in [3.05, 3.63) is 17.5 Å². The molecular weight excluding hydrogens is 236 g/mol. The fourth-order valence-corrected chi connectivity index (χ4v) is 2.61. The summed E-state index contributed by atoms with van der Waals surface area (Å²) in [5.41, 5.74) is 2.30.